The van der Waals surface area contributed by atoms with Crippen molar-refractivity contribution in [1.29, 1.82) is 0 Å². The van der Waals surface area contributed by atoms with Crippen LogP contribution >= 0.6 is 0 Å². The van der Waals surface area contributed by atoms with Gasteiger partial charge in [-0.2, -0.15) is 0 Å². The molecule has 0 aliphatic heterocycles. The fourth-order valence-electron chi connectivity index (χ4n) is 3.90. The molecule has 0 radical (unpaired) electrons. The van der Waals surface area contributed by atoms with Crippen molar-refractivity contribution in [2.75, 3.05) is 19.8 Å². The molecule has 0 heterocycles. The molecule has 0 amide bonds. The summed E-state index contributed by atoms with van der Waals surface area (Å²) < 4.78 is 12.6. The molecule has 0 unspecified atom stereocenters. The van der Waals surface area contributed by atoms with Crippen LogP contribution in [-0.4, -0.2) is 28.1 Å². The Kier molecular flexibility index (Phi) is 9.40. The van der Waals surface area contributed by atoms with Gasteiger partial charge < -0.3 is 9.16 Å². The van der Waals surface area contributed by atoms with E-state index in [9.17, 15) is 0 Å². The lowest BCUT2D eigenvalue weighted by Gasteiger charge is -2.39. The van der Waals surface area contributed by atoms with E-state index in [1.54, 1.807) is 0 Å². The van der Waals surface area contributed by atoms with E-state index in [4.69, 9.17) is 9.16 Å². The highest BCUT2D eigenvalue weighted by Crippen LogP contribution is 2.36. The Bertz CT molecular complexity index is 458. The molecule has 3 heteroatoms. The Morgan fingerprint density at radius 2 is 1.48 bits per heavy atom. The van der Waals surface area contributed by atoms with Gasteiger partial charge >= 0.3 is 0 Å². The molecule has 0 atom stereocenters. The number of hydrogen-bond donors (Lipinski definition) is 0. The molecule has 1 rings (SSSR count). The maximum absolute atomic E-state index is 6.66. The molecular formula is C22H40O2Si. The highest BCUT2D eigenvalue weighted by atomic mass is 28.4. The minimum atomic E-state index is -1.75. The van der Waals surface area contributed by atoms with Crippen molar-refractivity contribution in [1.82, 2.24) is 0 Å². The fraction of sp³-hybridized carbons (Fsp3) is 0.727. The molecule has 0 aliphatic carbocycles. The zero-order valence-electron chi connectivity index (χ0n) is 17.6. The molecule has 0 aliphatic rings. The van der Waals surface area contributed by atoms with Gasteiger partial charge in [-0.15, -0.1) is 0 Å². The predicted octanol–water partition coefficient (Wildman–Crippen LogP) is 6.11. The molecule has 0 fully saturated rings. The zero-order chi connectivity index (χ0) is 18.9. The largest absolute Gasteiger partial charge is 0.416 e. The van der Waals surface area contributed by atoms with Crippen LogP contribution in [-0.2, 0) is 15.2 Å². The standard InChI is InChI=1S/C22H40O2Si/c1-8-23-17-22(14-19(2)3,15-20(4)5)18-24-25(6,7)16-21-12-10-9-11-13-21/h9-13,19-20H,8,14-18H2,1-7H3. The first-order valence-corrected chi connectivity index (χ1v) is 13.1. The highest BCUT2D eigenvalue weighted by Gasteiger charge is 2.35. The van der Waals surface area contributed by atoms with Gasteiger partial charge in [-0.1, -0.05) is 58.0 Å². The topological polar surface area (TPSA) is 18.5 Å². The summed E-state index contributed by atoms with van der Waals surface area (Å²) in [5.41, 5.74) is 1.53. The molecule has 2 nitrogen and oxygen atoms in total. The summed E-state index contributed by atoms with van der Waals surface area (Å²) in [6.07, 6.45) is 2.34. The van der Waals surface area contributed by atoms with Gasteiger partial charge in [0.05, 0.1) is 6.61 Å². The second-order valence-corrected chi connectivity index (χ2v) is 13.2. The van der Waals surface area contributed by atoms with Crippen molar-refractivity contribution in [2.24, 2.45) is 17.3 Å². The van der Waals surface area contributed by atoms with Gasteiger partial charge in [0.15, 0.2) is 8.32 Å². The lowest BCUT2D eigenvalue weighted by atomic mass is 9.75. The average molecular weight is 365 g/mol. The van der Waals surface area contributed by atoms with E-state index < -0.39 is 8.32 Å². The predicted molar refractivity (Wildman–Crippen MR) is 111 cm³/mol. The summed E-state index contributed by atoms with van der Waals surface area (Å²) in [5.74, 6) is 1.31. The first-order chi connectivity index (χ1) is 11.7. The number of rotatable bonds is 12. The molecule has 0 spiro atoms. The summed E-state index contributed by atoms with van der Waals surface area (Å²) in [6.45, 7) is 18.5. The van der Waals surface area contributed by atoms with Gasteiger partial charge in [-0.05, 0) is 56.3 Å². The van der Waals surface area contributed by atoms with Gasteiger partial charge in [-0.25, -0.2) is 0 Å². The third kappa shape index (κ3) is 9.03. The first kappa shape index (κ1) is 22.4. The van der Waals surface area contributed by atoms with Crippen molar-refractivity contribution in [2.45, 2.75) is 66.6 Å². The summed E-state index contributed by atoms with van der Waals surface area (Å²) in [7, 11) is -1.75. The van der Waals surface area contributed by atoms with Gasteiger partial charge in [0.2, 0.25) is 0 Å². The summed E-state index contributed by atoms with van der Waals surface area (Å²) >= 11 is 0. The normalized spacial score (nSPS) is 13.0. The molecule has 1 aromatic rings. The third-order valence-corrected chi connectivity index (χ3v) is 6.72. The summed E-state index contributed by atoms with van der Waals surface area (Å²) in [4.78, 5) is 0. The quantitative estimate of drug-likeness (QED) is 0.417. The van der Waals surface area contributed by atoms with Crippen molar-refractivity contribution in [3.63, 3.8) is 0 Å². The number of hydrogen-bond acceptors (Lipinski definition) is 2. The van der Waals surface area contributed by atoms with Crippen LogP contribution in [0.2, 0.25) is 13.1 Å². The van der Waals surface area contributed by atoms with E-state index in [-0.39, 0.29) is 5.41 Å². The number of ether oxygens (including phenoxy) is 1. The molecular weight excluding hydrogens is 324 g/mol. The first-order valence-electron chi connectivity index (χ1n) is 9.94. The van der Waals surface area contributed by atoms with E-state index in [1.807, 2.05) is 0 Å². The summed E-state index contributed by atoms with van der Waals surface area (Å²) in [6, 6.07) is 11.8. The average Bonchev–Trinajstić information content (AvgIpc) is 2.50. The summed E-state index contributed by atoms with van der Waals surface area (Å²) in [5, 5.41) is 0. The van der Waals surface area contributed by atoms with Crippen LogP contribution in [0.15, 0.2) is 30.3 Å². The van der Waals surface area contributed by atoms with Crippen LogP contribution in [0.4, 0.5) is 0 Å². The van der Waals surface area contributed by atoms with Crippen molar-refractivity contribution in [3.8, 4) is 0 Å². The van der Waals surface area contributed by atoms with Crippen LogP contribution in [0.25, 0.3) is 0 Å². The van der Waals surface area contributed by atoms with Crippen molar-refractivity contribution >= 4 is 8.32 Å². The Hall–Kier alpha value is -0.643. The van der Waals surface area contributed by atoms with E-state index >= 15 is 0 Å². The van der Waals surface area contributed by atoms with Crippen molar-refractivity contribution < 1.29 is 9.16 Å². The van der Waals surface area contributed by atoms with Crippen LogP contribution in [0, 0.1) is 17.3 Å². The fourth-order valence-corrected chi connectivity index (χ4v) is 5.92. The molecule has 0 bridgehead atoms. The van der Waals surface area contributed by atoms with E-state index in [1.165, 1.54) is 18.4 Å². The molecule has 1 aromatic carbocycles. The Labute approximate surface area is 157 Å². The SMILES string of the molecule is CCOCC(CO[Si](C)(C)Cc1ccccc1)(CC(C)C)CC(C)C. The maximum atomic E-state index is 6.66. The van der Waals surface area contributed by atoms with Gasteiger partial charge in [0.1, 0.15) is 0 Å². The maximum Gasteiger partial charge on any atom is 0.191 e. The molecule has 25 heavy (non-hydrogen) atoms. The molecule has 0 saturated heterocycles. The van der Waals surface area contributed by atoms with Crippen LogP contribution in [0.5, 0.6) is 0 Å². The molecule has 0 aromatic heterocycles. The Balaban J connectivity index is 2.83. The number of benzene rings is 1. The van der Waals surface area contributed by atoms with E-state index in [0.29, 0.717) is 11.8 Å². The second kappa shape index (κ2) is 10.5. The van der Waals surface area contributed by atoms with Crippen LogP contribution in [0.1, 0.15) is 53.0 Å². The lowest BCUT2D eigenvalue weighted by Crippen LogP contribution is -2.42. The van der Waals surface area contributed by atoms with E-state index in [0.717, 1.165) is 25.9 Å². The monoisotopic (exact) mass is 364 g/mol. The highest BCUT2D eigenvalue weighted by molar-refractivity contribution is 6.70. The zero-order valence-corrected chi connectivity index (χ0v) is 18.6. The molecule has 0 N–H and O–H groups in total. The molecule has 0 saturated carbocycles. The third-order valence-electron chi connectivity index (χ3n) is 4.54. The Morgan fingerprint density at radius 3 is 1.96 bits per heavy atom. The van der Waals surface area contributed by atoms with Crippen LogP contribution < -0.4 is 0 Å². The second-order valence-electron chi connectivity index (χ2n) is 9.04. The van der Waals surface area contributed by atoms with Gasteiger partial charge in [0, 0.05) is 18.6 Å². The van der Waals surface area contributed by atoms with Gasteiger partial charge in [-0.3, -0.25) is 0 Å². The van der Waals surface area contributed by atoms with E-state index in [2.05, 4.69) is 78.0 Å². The smallest absolute Gasteiger partial charge is 0.191 e. The Morgan fingerprint density at radius 1 is 0.920 bits per heavy atom. The molecule has 144 valence electrons. The van der Waals surface area contributed by atoms with Crippen molar-refractivity contribution in [3.05, 3.63) is 35.9 Å². The van der Waals surface area contributed by atoms with Gasteiger partial charge in [0.25, 0.3) is 0 Å². The lowest BCUT2D eigenvalue weighted by molar-refractivity contribution is -0.0104. The minimum Gasteiger partial charge on any atom is -0.416 e. The van der Waals surface area contributed by atoms with Crippen LogP contribution in [0.3, 0.4) is 0 Å². The minimum absolute atomic E-state index is 0.138.